The second-order valence-electron chi connectivity index (χ2n) is 4.10. The second-order valence-corrected chi connectivity index (χ2v) is 5.41. The Morgan fingerprint density at radius 1 is 1.33 bits per heavy atom. The number of hydrogen-bond donors (Lipinski definition) is 1. The number of hydrogen-bond acceptors (Lipinski definition) is 2. The third kappa shape index (κ3) is 2.33. The fourth-order valence-electron chi connectivity index (χ4n) is 2.17. The van der Waals surface area contributed by atoms with Crippen LogP contribution in [-0.4, -0.2) is 16.5 Å². The maximum atomic E-state index is 3.59. The number of aryl methyl sites for hydroxylation is 2. The summed E-state index contributed by atoms with van der Waals surface area (Å²) in [5.41, 5.74) is 4.22. The molecular weight excluding hydrogens is 367 g/mol. The van der Waals surface area contributed by atoms with E-state index in [1.165, 1.54) is 29.7 Å². The van der Waals surface area contributed by atoms with Crippen LogP contribution >= 0.6 is 0 Å². The van der Waals surface area contributed by atoms with Gasteiger partial charge in [0.15, 0.2) is 0 Å². The first kappa shape index (κ1) is 11.3. The molecule has 1 aromatic rings. The molecule has 2 rings (SSSR count). The predicted molar refractivity (Wildman–Crippen MR) is 58.0 cm³/mol. The summed E-state index contributed by atoms with van der Waals surface area (Å²) < 4.78 is 2.37. The Morgan fingerprint density at radius 2 is 2.00 bits per heavy atom. The minimum absolute atomic E-state index is 0.390. The first-order chi connectivity index (χ1) is 7.20. The van der Waals surface area contributed by atoms with Gasteiger partial charge < -0.3 is 0 Å². The zero-order chi connectivity index (χ0) is 10.8. The topological polar surface area (TPSA) is 15.3 Å². The first-order valence-corrected chi connectivity index (χ1v) is 6.41. The van der Waals surface area contributed by atoms with E-state index in [0.717, 1.165) is 6.54 Å². The van der Waals surface area contributed by atoms with Crippen molar-refractivity contribution in [1.29, 1.82) is 0 Å². The second kappa shape index (κ2) is 4.78. The van der Waals surface area contributed by atoms with Crippen molar-refractivity contribution in [2.24, 2.45) is 0 Å². The minimum atomic E-state index is 0.390. The van der Waals surface area contributed by atoms with Gasteiger partial charge in [0.2, 0.25) is 0 Å². The Kier molecular flexibility index (Phi) is 3.60. The van der Waals surface area contributed by atoms with Gasteiger partial charge in [-0.2, -0.15) is 0 Å². The molecular formula is C12H17N2Pt. The van der Waals surface area contributed by atoms with E-state index >= 15 is 0 Å². The van der Waals surface area contributed by atoms with Gasteiger partial charge in [0.1, 0.15) is 0 Å². The standard InChI is InChI=1S/C12H17N2.Pt/c1-9-5-3-6-10(2)11(9)12-13-7-4-8-14-12;/h3,5-6,12-13H,4,7-8H2,1-2H3;/q-1;+1. The molecule has 1 saturated heterocycles. The Balaban J connectivity index is 2.35. The van der Waals surface area contributed by atoms with Crippen LogP contribution in [0.4, 0.5) is 0 Å². The zero-order valence-electron chi connectivity index (χ0n) is 9.19. The van der Waals surface area contributed by atoms with E-state index in [4.69, 9.17) is 0 Å². The molecule has 1 atom stereocenters. The Morgan fingerprint density at radius 3 is 2.60 bits per heavy atom. The van der Waals surface area contributed by atoms with Gasteiger partial charge in [-0.15, -0.1) is 0 Å². The van der Waals surface area contributed by atoms with E-state index in [1.807, 2.05) is 0 Å². The molecule has 0 saturated carbocycles. The summed E-state index contributed by atoms with van der Waals surface area (Å²) in [6.07, 6.45) is 1.63. The fraction of sp³-hybridized carbons (Fsp3) is 0.500. The van der Waals surface area contributed by atoms with Crippen molar-refractivity contribution in [3.05, 3.63) is 34.9 Å². The molecule has 1 aromatic carbocycles. The van der Waals surface area contributed by atoms with Crippen LogP contribution in [0.25, 0.3) is 0 Å². The van der Waals surface area contributed by atoms with Crippen molar-refractivity contribution in [3.8, 4) is 0 Å². The zero-order valence-corrected chi connectivity index (χ0v) is 11.5. The molecule has 1 aliphatic rings. The van der Waals surface area contributed by atoms with E-state index in [9.17, 15) is 0 Å². The molecule has 1 unspecified atom stereocenters. The van der Waals surface area contributed by atoms with Crippen molar-refractivity contribution in [1.82, 2.24) is 8.78 Å². The van der Waals surface area contributed by atoms with Crippen molar-refractivity contribution < 1.29 is 20.1 Å². The summed E-state index contributed by atoms with van der Waals surface area (Å²) in [6.45, 7) is 6.69. The van der Waals surface area contributed by atoms with E-state index in [1.54, 1.807) is 0 Å². The van der Waals surface area contributed by atoms with Gasteiger partial charge in [-0.05, 0) is 0 Å². The Labute approximate surface area is 103 Å². The third-order valence-corrected chi connectivity index (χ3v) is 4.05. The Hall–Kier alpha value is -0.172. The predicted octanol–water partition coefficient (Wildman–Crippen LogP) is 2.06. The molecule has 1 fully saturated rings. The SMILES string of the molecule is Cc1cccc(C)c1C1NCCC[N]1[Pt]. The average molecular weight is 384 g/mol. The van der Waals surface area contributed by atoms with Crippen LogP contribution in [0.1, 0.15) is 29.3 Å². The molecule has 3 heteroatoms. The van der Waals surface area contributed by atoms with Gasteiger partial charge in [0.25, 0.3) is 0 Å². The summed E-state index contributed by atoms with van der Waals surface area (Å²) >= 11 is 2.41. The fourth-order valence-corrected chi connectivity index (χ4v) is 3.03. The summed E-state index contributed by atoms with van der Waals surface area (Å²) in [7, 11) is 0. The summed E-state index contributed by atoms with van der Waals surface area (Å²) in [5, 5.41) is 3.59. The van der Waals surface area contributed by atoms with Crippen molar-refractivity contribution in [3.63, 3.8) is 0 Å². The van der Waals surface area contributed by atoms with Crippen LogP contribution in [0.15, 0.2) is 18.2 Å². The Bertz CT molecular complexity index is 331. The van der Waals surface area contributed by atoms with Gasteiger partial charge >= 0.3 is 103 Å². The van der Waals surface area contributed by atoms with Crippen molar-refractivity contribution in [2.75, 3.05) is 13.1 Å². The van der Waals surface area contributed by atoms with Gasteiger partial charge in [0, 0.05) is 0 Å². The summed E-state index contributed by atoms with van der Waals surface area (Å²) in [6, 6.07) is 6.53. The van der Waals surface area contributed by atoms with Crippen LogP contribution in [-0.2, 0) is 20.1 Å². The maximum absolute atomic E-state index is 3.59. The molecule has 1 N–H and O–H groups in total. The number of benzene rings is 1. The van der Waals surface area contributed by atoms with Gasteiger partial charge in [-0.3, -0.25) is 0 Å². The van der Waals surface area contributed by atoms with Crippen molar-refractivity contribution in [2.45, 2.75) is 26.4 Å². The summed E-state index contributed by atoms with van der Waals surface area (Å²) in [4.78, 5) is 0. The monoisotopic (exact) mass is 384 g/mol. The average Bonchev–Trinajstić information content (AvgIpc) is 2.20. The molecule has 0 bridgehead atoms. The van der Waals surface area contributed by atoms with E-state index < -0.39 is 0 Å². The summed E-state index contributed by atoms with van der Waals surface area (Å²) in [5.74, 6) is 0. The normalized spacial score (nSPS) is 23.1. The van der Waals surface area contributed by atoms with Gasteiger partial charge in [0.05, 0.1) is 0 Å². The molecule has 0 radical (unpaired) electrons. The molecule has 0 aliphatic carbocycles. The van der Waals surface area contributed by atoms with Crippen molar-refractivity contribution >= 4 is 0 Å². The molecule has 0 aromatic heterocycles. The van der Waals surface area contributed by atoms with E-state index in [0.29, 0.717) is 6.17 Å². The number of nitrogens with zero attached hydrogens (tertiary/aromatic N) is 1. The van der Waals surface area contributed by atoms with Crippen LogP contribution in [0.3, 0.4) is 0 Å². The van der Waals surface area contributed by atoms with Crippen LogP contribution in [0.5, 0.6) is 0 Å². The van der Waals surface area contributed by atoms with Gasteiger partial charge in [-0.25, -0.2) is 0 Å². The molecule has 2 nitrogen and oxygen atoms in total. The quantitative estimate of drug-likeness (QED) is 0.798. The van der Waals surface area contributed by atoms with Crippen LogP contribution in [0, 0.1) is 13.8 Å². The molecule has 1 heterocycles. The van der Waals surface area contributed by atoms with Crippen LogP contribution in [0.2, 0.25) is 0 Å². The first-order valence-electron chi connectivity index (χ1n) is 5.39. The molecule has 0 spiro atoms. The molecule has 1 aliphatic heterocycles. The van der Waals surface area contributed by atoms with Gasteiger partial charge in [-0.1, -0.05) is 0 Å². The third-order valence-electron chi connectivity index (χ3n) is 2.95. The molecule has 0 amide bonds. The van der Waals surface area contributed by atoms with E-state index in [2.05, 4.69) is 60.9 Å². The number of rotatable bonds is 1. The molecule has 85 valence electrons. The van der Waals surface area contributed by atoms with E-state index in [-0.39, 0.29) is 0 Å². The van der Waals surface area contributed by atoms with Crippen LogP contribution < -0.4 is 5.32 Å². The molecule has 15 heavy (non-hydrogen) atoms. The number of nitrogens with one attached hydrogen (secondary N) is 1.